The van der Waals surface area contributed by atoms with Crippen molar-refractivity contribution < 1.29 is 14.3 Å². The van der Waals surface area contributed by atoms with Crippen molar-refractivity contribution in [3.63, 3.8) is 0 Å². The van der Waals surface area contributed by atoms with Crippen LogP contribution in [-0.2, 0) is 9.53 Å². The molecule has 6 heteroatoms. The van der Waals surface area contributed by atoms with Gasteiger partial charge < -0.3 is 10.1 Å². The number of amides is 2. The van der Waals surface area contributed by atoms with Gasteiger partial charge in [-0.25, -0.2) is 0 Å². The zero-order valence-electron chi connectivity index (χ0n) is 11.6. The molecule has 2 N–H and O–H groups in total. The minimum Gasteiger partial charge on any atom is -0.491 e. The first kappa shape index (κ1) is 14.4. The number of ether oxygens (including phenoxy) is 1. The molecular weight excluding hydrogens is 288 g/mol. The van der Waals surface area contributed by atoms with E-state index in [2.05, 4.69) is 10.6 Å². The number of rotatable bonds is 3. The van der Waals surface area contributed by atoms with E-state index in [-0.39, 0.29) is 11.1 Å². The van der Waals surface area contributed by atoms with E-state index in [4.69, 9.17) is 4.74 Å². The predicted molar refractivity (Wildman–Crippen MR) is 81.8 cm³/mol. The van der Waals surface area contributed by atoms with Gasteiger partial charge in [-0.3, -0.25) is 14.9 Å². The fourth-order valence-electron chi connectivity index (χ4n) is 2.53. The number of carbonyl (C=O) groups is 2. The van der Waals surface area contributed by atoms with E-state index < -0.39 is 5.25 Å². The van der Waals surface area contributed by atoms with Crippen molar-refractivity contribution in [2.45, 2.75) is 30.6 Å². The maximum absolute atomic E-state index is 11.5. The van der Waals surface area contributed by atoms with Crippen molar-refractivity contribution in [1.29, 1.82) is 0 Å². The fourth-order valence-corrected chi connectivity index (χ4v) is 3.33. The lowest BCUT2D eigenvalue weighted by Gasteiger charge is -2.25. The van der Waals surface area contributed by atoms with Crippen LogP contribution < -0.4 is 10.6 Å². The van der Waals surface area contributed by atoms with Crippen LogP contribution in [0.3, 0.4) is 0 Å². The summed E-state index contributed by atoms with van der Waals surface area (Å²) in [6, 6.07) is 0. The zero-order chi connectivity index (χ0) is 14.7. The van der Waals surface area contributed by atoms with E-state index in [0.717, 1.165) is 55.4 Å². The number of hydrogen-bond acceptors (Lipinski definition) is 5. The highest BCUT2D eigenvalue weighted by Gasteiger charge is 2.29. The third kappa shape index (κ3) is 3.77. The molecule has 2 fully saturated rings. The van der Waals surface area contributed by atoms with Gasteiger partial charge in [-0.2, -0.15) is 0 Å². The number of imide groups is 1. The molecule has 2 aliphatic heterocycles. The van der Waals surface area contributed by atoms with Gasteiger partial charge in [0.15, 0.2) is 0 Å². The van der Waals surface area contributed by atoms with E-state index in [1.165, 1.54) is 0 Å². The molecule has 2 saturated heterocycles. The Kier molecular flexibility index (Phi) is 4.45. The Labute approximate surface area is 127 Å². The third-order valence-corrected chi connectivity index (χ3v) is 4.59. The Balaban J connectivity index is 1.55. The van der Waals surface area contributed by atoms with Gasteiger partial charge in [0.2, 0.25) is 5.91 Å². The molecule has 1 atom stereocenters. The molecule has 21 heavy (non-hydrogen) atoms. The van der Waals surface area contributed by atoms with Gasteiger partial charge in [0.25, 0.3) is 5.24 Å². The van der Waals surface area contributed by atoms with Crippen molar-refractivity contribution >= 4 is 22.9 Å². The van der Waals surface area contributed by atoms with Gasteiger partial charge in [0.05, 0.1) is 0 Å². The monoisotopic (exact) mass is 306 g/mol. The SMILES string of the molecule is O=C1NC(=O)C(C=C2C=CC(OC3CCNCC3)=CC2)S1. The molecule has 5 nitrogen and oxygen atoms in total. The zero-order valence-corrected chi connectivity index (χ0v) is 12.4. The Morgan fingerprint density at radius 1 is 1.24 bits per heavy atom. The lowest BCUT2D eigenvalue weighted by Crippen LogP contribution is -2.32. The van der Waals surface area contributed by atoms with Crippen molar-refractivity contribution in [3.8, 4) is 0 Å². The van der Waals surface area contributed by atoms with Gasteiger partial charge in [-0.15, -0.1) is 0 Å². The average molecular weight is 306 g/mol. The Morgan fingerprint density at radius 3 is 2.67 bits per heavy atom. The first-order valence-electron chi connectivity index (χ1n) is 7.18. The summed E-state index contributed by atoms with van der Waals surface area (Å²) in [6.45, 7) is 2.02. The molecule has 2 heterocycles. The van der Waals surface area contributed by atoms with Crippen LogP contribution >= 0.6 is 11.8 Å². The van der Waals surface area contributed by atoms with Crippen LogP contribution in [0.2, 0.25) is 0 Å². The highest BCUT2D eigenvalue weighted by atomic mass is 32.2. The van der Waals surface area contributed by atoms with Crippen molar-refractivity contribution in [3.05, 3.63) is 35.6 Å². The Morgan fingerprint density at radius 2 is 2.05 bits per heavy atom. The molecule has 2 amide bonds. The molecule has 0 aromatic carbocycles. The lowest BCUT2D eigenvalue weighted by atomic mass is 10.0. The standard InChI is InChI=1S/C15H18N2O3S/c18-14-13(21-15(19)17-14)9-10-1-3-11(4-2-10)20-12-5-7-16-8-6-12/h1,3-4,9,12-13,16H,2,5-8H2,(H,17,18,19). The summed E-state index contributed by atoms with van der Waals surface area (Å²) in [4.78, 5) is 22.6. The van der Waals surface area contributed by atoms with E-state index in [1.54, 1.807) is 0 Å². The molecule has 0 spiro atoms. The quantitative estimate of drug-likeness (QED) is 0.833. The number of allylic oxidation sites excluding steroid dienone is 4. The molecule has 3 rings (SSSR count). The van der Waals surface area contributed by atoms with Crippen LogP contribution in [0.25, 0.3) is 0 Å². The van der Waals surface area contributed by atoms with E-state index in [0.29, 0.717) is 6.10 Å². The minimum absolute atomic E-state index is 0.230. The number of carbonyl (C=O) groups excluding carboxylic acids is 2. The molecule has 3 aliphatic rings. The summed E-state index contributed by atoms with van der Waals surface area (Å²) in [6.07, 6.45) is 10.9. The molecule has 1 unspecified atom stereocenters. The van der Waals surface area contributed by atoms with Crippen molar-refractivity contribution in [2.24, 2.45) is 0 Å². The van der Waals surface area contributed by atoms with Crippen LogP contribution in [0.1, 0.15) is 19.3 Å². The first-order chi connectivity index (χ1) is 10.2. The molecule has 0 radical (unpaired) electrons. The second kappa shape index (κ2) is 6.49. The van der Waals surface area contributed by atoms with Crippen LogP contribution in [0.5, 0.6) is 0 Å². The average Bonchev–Trinajstić information content (AvgIpc) is 2.80. The maximum atomic E-state index is 11.5. The summed E-state index contributed by atoms with van der Waals surface area (Å²) < 4.78 is 5.96. The normalized spacial score (nSPS) is 28.7. The van der Waals surface area contributed by atoms with Crippen molar-refractivity contribution in [1.82, 2.24) is 10.6 Å². The van der Waals surface area contributed by atoms with E-state index in [9.17, 15) is 9.59 Å². The van der Waals surface area contributed by atoms with Gasteiger partial charge >= 0.3 is 0 Å². The number of piperidine rings is 1. The Bertz CT molecular complexity index is 533. The van der Waals surface area contributed by atoms with Gasteiger partial charge in [0, 0.05) is 0 Å². The third-order valence-electron chi connectivity index (χ3n) is 3.67. The van der Waals surface area contributed by atoms with E-state index >= 15 is 0 Å². The topological polar surface area (TPSA) is 67.4 Å². The summed E-state index contributed by atoms with van der Waals surface area (Å²) >= 11 is 1.03. The van der Waals surface area contributed by atoms with Gasteiger partial charge in [-0.05, 0) is 61.8 Å². The van der Waals surface area contributed by atoms with E-state index in [1.807, 2.05) is 24.3 Å². The highest BCUT2D eigenvalue weighted by molar-refractivity contribution is 8.15. The molecule has 0 aromatic heterocycles. The lowest BCUT2D eigenvalue weighted by molar-refractivity contribution is -0.118. The summed E-state index contributed by atoms with van der Waals surface area (Å²) in [7, 11) is 0. The predicted octanol–water partition coefficient (Wildman–Crippen LogP) is 1.88. The largest absolute Gasteiger partial charge is 0.491 e. The summed E-state index contributed by atoms with van der Waals surface area (Å²) in [5, 5.41) is 4.93. The number of thioether (sulfide) groups is 1. The summed E-state index contributed by atoms with van der Waals surface area (Å²) in [5.41, 5.74) is 1.04. The molecule has 0 aromatic rings. The van der Waals surface area contributed by atoms with Crippen LogP contribution in [-0.4, -0.2) is 35.6 Å². The maximum Gasteiger partial charge on any atom is 0.286 e. The molecular formula is C15H18N2O3S. The van der Waals surface area contributed by atoms with Gasteiger partial charge in [-0.1, -0.05) is 12.2 Å². The molecule has 112 valence electrons. The number of nitrogens with one attached hydrogen (secondary N) is 2. The Hall–Kier alpha value is -1.53. The van der Waals surface area contributed by atoms with Crippen LogP contribution in [0.15, 0.2) is 35.6 Å². The minimum atomic E-state index is -0.405. The molecule has 0 bridgehead atoms. The first-order valence-corrected chi connectivity index (χ1v) is 8.06. The highest BCUT2D eigenvalue weighted by Crippen LogP contribution is 2.25. The van der Waals surface area contributed by atoms with Crippen LogP contribution in [0.4, 0.5) is 4.79 Å². The second-order valence-electron chi connectivity index (χ2n) is 5.27. The summed E-state index contributed by atoms with van der Waals surface area (Å²) in [5.74, 6) is 0.672. The second-order valence-corrected chi connectivity index (χ2v) is 6.38. The van der Waals surface area contributed by atoms with Crippen molar-refractivity contribution in [2.75, 3.05) is 13.1 Å². The number of hydrogen-bond donors (Lipinski definition) is 2. The molecule has 1 aliphatic carbocycles. The van der Waals surface area contributed by atoms with Crippen LogP contribution in [0, 0.1) is 0 Å². The molecule has 0 saturated carbocycles. The van der Waals surface area contributed by atoms with Gasteiger partial charge in [0.1, 0.15) is 17.1 Å². The fraction of sp³-hybridized carbons (Fsp3) is 0.467. The smallest absolute Gasteiger partial charge is 0.286 e.